The van der Waals surface area contributed by atoms with Crippen LogP contribution in [0.3, 0.4) is 0 Å². The molecule has 2 atom stereocenters. The van der Waals surface area contributed by atoms with Gasteiger partial charge in [-0.15, -0.1) is 0 Å². The minimum absolute atomic E-state index is 0.325. The van der Waals surface area contributed by atoms with Gasteiger partial charge in [-0.05, 0) is 91.7 Å². The summed E-state index contributed by atoms with van der Waals surface area (Å²) in [5, 5.41) is 8.57. The van der Waals surface area contributed by atoms with E-state index in [0.717, 1.165) is 33.4 Å². The molecule has 0 aliphatic carbocycles. The van der Waals surface area contributed by atoms with Crippen molar-refractivity contribution < 1.29 is 0 Å². The molecule has 0 radical (unpaired) electrons. The Kier molecular flexibility index (Phi) is 8.03. The summed E-state index contributed by atoms with van der Waals surface area (Å²) in [6.45, 7) is 2.12. The zero-order chi connectivity index (χ0) is 30.6. The van der Waals surface area contributed by atoms with Crippen LogP contribution in [0.2, 0.25) is 0 Å². The number of nitrogens with zero attached hydrogens (tertiary/aromatic N) is 1. The maximum absolute atomic E-state index is 7.04. The highest BCUT2D eigenvalue weighted by atomic mass is 15.1. The van der Waals surface area contributed by atoms with Crippen LogP contribution in [0.15, 0.2) is 163 Å². The van der Waals surface area contributed by atoms with E-state index in [1.807, 2.05) is 42.6 Å². The summed E-state index contributed by atoms with van der Waals surface area (Å²) in [5.74, 6) is 0. The molecular formula is C42H35N3. The van der Waals surface area contributed by atoms with E-state index < -0.39 is 6.17 Å². The van der Waals surface area contributed by atoms with Gasteiger partial charge in [0.2, 0.25) is 0 Å². The predicted molar refractivity (Wildman–Crippen MR) is 190 cm³/mol. The van der Waals surface area contributed by atoms with Crippen LogP contribution < -0.4 is 11.1 Å². The summed E-state index contributed by atoms with van der Waals surface area (Å²) in [6, 6.07) is 55.4. The highest BCUT2D eigenvalue weighted by Crippen LogP contribution is 2.38. The third kappa shape index (κ3) is 6.18. The van der Waals surface area contributed by atoms with Gasteiger partial charge in [0.1, 0.15) is 6.17 Å². The molecule has 0 fully saturated rings. The predicted octanol–water partition coefficient (Wildman–Crippen LogP) is 10.0. The highest BCUT2D eigenvalue weighted by molar-refractivity contribution is 6.13. The molecule has 0 spiro atoms. The Morgan fingerprint density at radius 2 is 1.18 bits per heavy atom. The molecule has 7 aromatic rings. The lowest BCUT2D eigenvalue weighted by Gasteiger charge is -2.23. The molecule has 0 heterocycles. The van der Waals surface area contributed by atoms with Crippen molar-refractivity contribution in [1.29, 1.82) is 0 Å². The van der Waals surface area contributed by atoms with Crippen molar-refractivity contribution in [3.63, 3.8) is 0 Å². The van der Waals surface area contributed by atoms with Crippen LogP contribution in [0.4, 0.5) is 0 Å². The van der Waals surface area contributed by atoms with Crippen molar-refractivity contribution >= 4 is 27.8 Å². The van der Waals surface area contributed by atoms with Crippen LogP contribution in [-0.2, 0) is 0 Å². The molecule has 0 aromatic heterocycles. The molecule has 0 amide bonds. The van der Waals surface area contributed by atoms with Gasteiger partial charge in [-0.1, -0.05) is 139 Å². The smallest absolute Gasteiger partial charge is 0.127 e. The maximum Gasteiger partial charge on any atom is 0.127 e. The minimum atomic E-state index is -0.473. The Labute approximate surface area is 264 Å². The van der Waals surface area contributed by atoms with Crippen molar-refractivity contribution in [2.75, 3.05) is 0 Å². The second-order valence-corrected chi connectivity index (χ2v) is 11.5. The Bertz CT molecular complexity index is 2100. The van der Waals surface area contributed by atoms with Gasteiger partial charge >= 0.3 is 0 Å². The first kappa shape index (κ1) is 28.4. The first-order valence-corrected chi connectivity index (χ1v) is 15.4. The SMILES string of the molecule is Cc1ccc(-c2cc(-c3cc4ccccc4c4ccccc34)cc(C(N)NC(N=Cc3ccccc3)c3ccccc3)c2)cc1. The number of hydrogen-bond acceptors (Lipinski definition) is 3. The van der Waals surface area contributed by atoms with E-state index in [1.54, 1.807) is 0 Å². The van der Waals surface area contributed by atoms with Gasteiger partial charge in [-0.2, -0.15) is 0 Å². The van der Waals surface area contributed by atoms with E-state index in [-0.39, 0.29) is 6.17 Å². The van der Waals surface area contributed by atoms with E-state index >= 15 is 0 Å². The number of nitrogens with one attached hydrogen (secondary N) is 1. The number of aryl methyl sites for hydroxylation is 1. The van der Waals surface area contributed by atoms with Crippen molar-refractivity contribution in [1.82, 2.24) is 5.32 Å². The second-order valence-electron chi connectivity index (χ2n) is 11.5. The molecule has 0 saturated carbocycles. The quantitative estimate of drug-likeness (QED) is 0.107. The molecule has 0 aliphatic heterocycles. The molecule has 45 heavy (non-hydrogen) atoms. The molecular weight excluding hydrogens is 546 g/mol. The maximum atomic E-state index is 7.04. The Balaban J connectivity index is 1.35. The third-order valence-corrected chi connectivity index (χ3v) is 8.40. The number of benzene rings is 7. The van der Waals surface area contributed by atoms with Gasteiger partial charge in [-0.3, -0.25) is 10.3 Å². The van der Waals surface area contributed by atoms with Gasteiger partial charge in [0, 0.05) is 6.21 Å². The summed E-state index contributed by atoms with van der Waals surface area (Å²) >= 11 is 0. The van der Waals surface area contributed by atoms with Gasteiger partial charge in [0.05, 0.1) is 6.17 Å². The molecule has 3 heteroatoms. The first-order valence-electron chi connectivity index (χ1n) is 15.4. The van der Waals surface area contributed by atoms with Crippen LogP contribution in [0.1, 0.15) is 34.6 Å². The number of rotatable bonds is 8. The second kappa shape index (κ2) is 12.7. The molecule has 2 unspecified atom stereocenters. The van der Waals surface area contributed by atoms with Crippen molar-refractivity contribution in [2.24, 2.45) is 10.7 Å². The number of aliphatic imine (C=N–C) groups is 1. The van der Waals surface area contributed by atoms with E-state index in [1.165, 1.54) is 32.7 Å². The van der Waals surface area contributed by atoms with E-state index in [2.05, 4.69) is 134 Å². The van der Waals surface area contributed by atoms with Crippen molar-refractivity contribution in [3.05, 3.63) is 180 Å². The Hall–Kier alpha value is -5.35. The summed E-state index contributed by atoms with van der Waals surface area (Å²) in [7, 11) is 0. The Morgan fingerprint density at radius 3 is 1.93 bits per heavy atom. The van der Waals surface area contributed by atoms with E-state index in [9.17, 15) is 0 Å². The zero-order valence-electron chi connectivity index (χ0n) is 25.3. The fourth-order valence-corrected chi connectivity index (χ4v) is 6.02. The van der Waals surface area contributed by atoms with Crippen molar-refractivity contribution in [2.45, 2.75) is 19.3 Å². The third-order valence-electron chi connectivity index (χ3n) is 8.40. The van der Waals surface area contributed by atoms with Crippen LogP contribution in [0, 0.1) is 6.92 Å². The normalized spacial score (nSPS) is 12.9. The molecule has 7 aromatic carbocycles. The van der Waals surface area contributed by atoms with Crippen LogP contribution in [0.25, 0.3) is 43.8 Å². The number of hydrogen-bond donors (Lipinski definition) is 2. The number of nitrogens with two attached hydrogens (primary N) is 1. The molecule has 0 aliphatic rings. The monoisotopic (exact) mass is 581 g/mol. The zero-order valence-corrected chi connectivity index (χ0v) is 25.3. The molecule has 0 bridgehead atoms. The van der Waals surface area contributed by atoms with Crippen molar-refractivity contribution in [3.8, 4) is 22.3 Å². The first-order chi connectivity index (χ1) is 22.1. The lowest BCUT2D eigenvalue weighted by atomic mass is 9.90. The largest absolute Gasteiger partial charge is 0.312 e. The summed E-state index contributed by atoms with van der Waals surface area (Å²) in [6.07, 6.45) is 1.11. The summed E-state index contributed by atoms with van der Waals surface area (Å²) < 4.78 is 0. The summed E-state index contributed by atoms with van der Waals surface area (Å²) in [5.41, 5.74) is 16.0. The lowest BCUT2D eigenvalue weighted by molar-refractivity contribution is 0.467. The summed E-state index contributed by atoms with van der Waals surface area (Å²) in [4.78, 5) is 4.96. The van der Waals surface area contributed by atoms with Gasteiger partial charge in [0.25, 0.3) is 0 Å². The highest BCUT2D eigenvalue weighted by Gasteiger charge is 2.18. The van der Waals surface area contributed by atoms with Crippen LogP contribution in [0.5, 0.6) is 0 Å². The molecule has 0 saturated heterocycles. The average Bonchev–Trinajstić information content (AvgIpc) is 3.10. The fraction of sp³-hybridized carbons (Fsp3) is 0.0714. The van der Waals surface area contributed by atoms with Gasteiger partial charge < -0.3 is 5.73 Å². The van der Waals surface area contributed by atoms with Gasteiger partial charge in [0.15, 0.2) is 0 Å². The average molecular weight is 582 g/mol. The fourth-order valence-electron chi connectivity index (χ4n) is 6.02. The van der Waals surface area contributed by atoms with E-state index in [0.29, 0.717) is 0 Å². The van der Waals surface area contributed by atoms with Crippen LogP contribution >= 0.6 is 0 Å². The minimum Gasteiger partial charge on any atom is -0.312 e. The molecule has 218 valence electrons. The van der Waals surface area contributed by atoms with Crippen LogP contribution in [-0.4, -0.2) is 6.21 Å². The topological polar surface area (TPSA) is 50.4 Å². The molecule has 3 nitrogen and oxygen atoms in total. The standard InChI is InChI=1S/C42H35N3/c1-29-20-22-31(23-21-29)34-24-35(40-27-33-16-8-9-17-37(33)38-18-10-11-19-39(38)40)26-36(25-34)41(43)45-42(32-14-6-3-7-15-32)44-28-30-12-4-2-5-13-30/h2-28,41-42,45H,43H2,1H3. The lowest BCUT2D eigenvalue weighted by Crippen LogP contribution is -2.31. The Morgan fingerprint density at radius 1 is 0.556 bits per heavy atom. The number of fused-ring (bicyclic) bond motifs is 3. The van der Waals surface area contributed by atoms with Gasteiger partial charge in [-0.25, -0.2) is 0 Å². The molecule has 3 N–H and O–H groups in total. The molecule has 7 rings (SSSR count). The van der Waals surface area contributed by atoms with E-state index in [4.69, 9.17) is 10.7 Å².